The number of methoxy groups -OCH3 is 1. The normalized spacial score (nSPS) is 21.9. The van der Waals surface area contributed by atoms with Gasteiger partial charge in [-0.15, -0.1) is 0 Å². The molecule has 1 fully saturated rings. The van der Waals surface area contributed by atoms with Gasteiger partial charge in [0, 0.05) is 38.4 Å². The number of likely N-dealkylation sites (tertiary alicyclic amines) is 1. The number of amides is 1. The number of carbonyl (C=O) groups excluding carboxylic acids is 1. The van der Waals surface area contributed by atoms with Crippen molar-refractivity contribution in [3.8, 4) is 11.5 Å². The van der Waals surface area contributed by atoms with Gasteiger partial charge in [-0.05, 0) is 42.0 Å². The summed E-state index contributed by atoms with van der Waals surface area (Å²) < 4.78 is 25.6. The van der Waals surface area contributed by atoms with Crippen LogP contribution >= 0.6 is 0 Å². The first-order valence-corrected chi connectivity index (χ1v) is 10.2. The lowest BCUT2D eigenvalue weighted by molar-refractivity contribution is -0.165. The molecule has 0 aromatic heterocycles. The lowest BCUT2D eigenvalue weighted by Gasteiger charge is -2.51. The zero-order valence-electron chi connectivity index (χ0n) is 17.0. The predicted molar refractivity (Wildman–Crippen MR) is 110 cm³/mol. The minimum atomic E-state index is -0.615. The molecule has 0 bridgehead atoms. The van der Waals surface area contributed by atoms with E-state index in [0.29, 0.717) is 31.7 Å². The molecule has 1 N–H and O–H groups in total. The molecule has 7 heteroatoms. The summed E-state index contributed by atoms with van der Waals surface area (Å²) in [6.45, 7) is 2.84. The lowest BCUT2D eigenvalue weighted by Crippen LogP contribution is -2.64. The summed E-state index contributed by atoms with van der Waals surface area (Å²) in [6, 6.07) is 12.3. The molecule has 2 aromatic carbocycles. The predicted octanol–water partition coefficient (Wildman–Crippen LogP) is 3.47. The zero-order valence-corrected chi connectivity index (χ0v) is 17.0. The number of nitrogens with zero attached hydrogens (tertiary/aromatic N) is 2. The van der Waals surface area contributed by atoms with Crippen LogP contribution in [0.5, 0.6) is 11.5 Å². The van der Waals surface area contributed by atoms with Gasteiger partial charge < -0.3 is 19.8 Å². The Morgan fingerprint density at radius 1 is 1.20 bits per heavy atom. The number of nitrogens with one attached hydrogen (secondary N) is 1. The van der Waals surface area contributed by atoms with E-state index in [2.05, 4.69) is 16.5 Å². The quantitative estimate of drug-likeness (QED) is 0.823. The average Bonchev–Trinajstić information content (AvgIpc) is 3.21. The molecular formula is C23H24FN3O3. The van der Waals surface area contributed by atoms with E-state index in [1.165, 1.54) is 12.1 Å². The number of halogens is 1. The van der Waals surface area contributed by atoms with Gasteiger partial charge in [0.05, 0.1) is 18.8 Å². The Morgan fingerprint density at radius 2 is 1.93 bits per heavy atom. The van der Waals surface area contributed by atoms with Crippen LogP contribution < -0.4 is 14.9 Å². The molecule has 30 heavy (non-hydrogen) atoms. The third kappa shape index (κ3) is 2.92. The first-order chi connectivity index (χ1) is 14.5. The summed E-state index contributed by atoms with van der Waals surface area (Å²) in [5.74, 6) is 1.26. The van der Waals surface area contributed by atoms with Crippen molar-refractivity contribution in [1.82, 2.24) is 15.3 Å². The van der Waals surface area contributed by atoms with E-state index in [1.54, 1.807) is 26.2 Å². The lowest BCUT2D eigenvalue weighted by atomic mass is 9.92. The standard InChI is InChI=1S/C23H24FN3O3/c1-15(28)26-12-10-23(11-13-26)27-20(18-4-3-5-21(29-2)22(18)30-23)14-19(25-27)16-6-8-17(24)9-7-16/h3-9,14,20,25H,10-13H2,1-2H3/t20-/m1/s1. The van der Waals surface area contributed by atoms with Crippen LogP contribution in [0.25, 0.3) is 5.70 Å². The second kappa shape index (κ2) is 7.02. The molecule has 156 valence electrons. The minimum Gasteiger partial charge on any atom is -0.493 e. The molecule has 5 rings (SSSR count). The van der Waals surface area contributed by atoms with Crippen LogP contribution in [0.2, 0.25) is 0 Å². The number of hydrogen-bond donors (Lipinski definition) is 1. The molecule has 6 nitrogen and oxygen atoms in total. The van der Waals surface area contributed by atoms with Gasteiger partial charge in [0.15, 0.2) is 17.2 Å². The van der Waals surface area contributed by atoms with Crippen molar-refractivity contribution < 1.29 is 18.7 Å². The van der Waals surface area contributed by atoms with Crippen molar-refractivity contribution in [3.63, 3.8) is 0 Å². The maximum Gasteiger partial charge on any atom is 0.219 e. The van der Waals surface area contributed by atoms with E-state index in [0.717, 1.165) is 22.6 Å². The molecule has 1 amide bonds. The van der Waals surface area contributed by atoms with E-state index in [4.69, 9.17) is 9.47 Å². The summed E-state index contributed by atoms with van der Waals surface area (Å²) in [4.78, 5) is 13.7. The Balaban J connectivity index is 1.56. The molecule has 3 heterocycles. The van der Waals surface area contributed by atoms with Crippen molar-refractivity contribution in [1.29, 1.82) is 0 Å². The minimum absolute atomic E-state index is 0.0622. The number of ether oxygens (including phenoxy) is 2. The largest absolute Gasteiger partial charge is 0.493 e. The highest BCUT2D eigenvalue weighted by atomic mass is 19.1. The second-order valence-corrected chi connectivity index (χ2v) is 7.95. The van der Waals surface area contributed by atoms with Crippen LogP contribution in [0.3, 0.4) is 0 Å². The third-order valence-electron chi connectivity index (χ3n) is 6.27. The number of piperidine rings is 1. The van der Waals surface area contributed by atoms with Crippen LogP contribution in [0, 0.1) is 5.82 Å². The molecule has 3 aliphatic heterocycles. The summed E-state index contributed by atoms with van der Waals surface area (Å²) in [5, 5.41) is 2.14. The highest BCUT2D eigenvalue weighted by molar-refractivity contribution is 5.73. The van der Waals surface area contributed by atoms with Crippen molar-refractivity contribution >= 4 is 11.6 Å². The van der Waals surface area contributed by atoms with Gasteiger partial charge in [-0.2, -0.15) is 5.01 Å². The van der Waals surface area contributed by atoms with Gasteiger partial charge >= 0.3 is 0 Å². The van der Waals surface area contributed by atoms with Gasteiger partial charge in [-0.1, -0.05) is 12.1 Å². The smallest absolute Gasteiger partial charge is 0.219 e. The van der Waals surface area contributed by atoms with E-state index in [1.807, 2.05) is 23.1 Å². The number of hydrogen-bond acceptors (Lipinski definition) is 5. The Bertz CT molecular complexity index is 1010. The van der Waals surface area contributed by atoms with Crippen molar-refractivity contribution in [3.05, 3.63) is 65.5 Å². The molecule has 0 radical (unpaired) electrons. The maximum absolute atomic E-state index is 13.4. The summed E-state index contributed by atoms with van der Waals surface area (Å²) in [7, 11) is 1.64. The van der Waals surface area contributed by atoms with Crippen molar-refractivity contribution in [2.45, 2.75) is 31.5 Å². The number of fused-ring (bicyclic) bond motifs is 4. The summed E-state index contributed by atoms with van der Waals surface area (Å²) in [5.41, 5.74) is 5.73. The van der Waals surface area contributed by atoms with Crippen molar-refractivity contribution in [2.75, 3.05) is 20.2 Å². The molecule has 0 saturated carbocycles. The first-order valence-electron chi connectivity index (χ1n) is 10.2. The van der Waals surface area contributed by atoms with E-state index in [9.17, 15) is 9.18 Å². The first kappa shape index (κ1) is 18.9. The molecule has 1 spiro atoms. The van der Waals surface area contributed by atoms with Gasteiger partial charge in [0.25, 0.3) is 0 Å². The third-order valence-corrected chi connectivity index (χ3v) is 6.27. The van der Waals surface area contributed by atoms with Crippen LogP contribution in [0.1, 0.15) is 36.9 Å². The number of para-hydroxylation sites is 1. The van der Waals surface area contributed by atoms with Gasteiger partial charge in [0.2, 0.25) is 5.91 Å². The Kier molecular flexibility index (Phi) is 4.43. The molecule has 0 unspecified atom stereocenters. The van der Waals surface area contributed by atoms with Crippen molar-refractivity contribution in [2.24, 2.45) is 0 Å². The Labute approximate surface area is 174 Å². The maximum atomic E-state index is 13.4. The molecule has 2 aromatic rings. The summed E-state index contributed by atoms with van der Waals surface area (Å²) >= 11 is 0. The Hall–Kier alpha value is -3.06. The number of carbonyl (C=O) groups is 1. The molecule has 1 saturated heterocycles. The second-order valence-electron chi connectivity index (χ2n) is 7.95. The zero-order chi connectivity index (χ0) is 20.9. The molecular weight excluding hydrogens is 385 g/mol. The number of hydrazine groups is 1. The van der Waals surface area contributed by atoms with Gasteiger partial charge in [0.1, 0.15) is 5.82 Å². The average molecular weight is 409 g/mol. The fraction of sp³-hybridized carbons (Fsp3) is 0.348. The number of benzene rings is 2. The highest BCUT2D eigenvalue weighted by Crippen LogP contribution is 2.51. The SMILES string of the molecule is COc1cccc2c1OC1(CCN(C(C)=O)CC1)N1NC(c3ccc(F)cc3)=C[C@H]21. The highest BCUT2D eigenvalue weighted by Gasteiger charge is 2.52. The molecule has 1 atom stereocenters. The van der Waals surface area contributed by atoms with Crippen LogP contribution in [-0.4, -0.2) is 41.7 Å². The molecule has 3 aliphatic rings. The Morgan fingerprint density at radius 3 is 2.60 bits per heavy atom. The molecule has 0 aliphatic carbocycles. The van der Waals surface area contributed by atoms with E-state index >= 15 is 0 Å². The van der Waals surface area contributed by atoms with Crippen LogP contribution in [0.15, 0.2) is 48.5 Å². The van der Waals surface area contributed by atoms with E-state index < -0.39 is 5.72 Å². The topological polar surface area (TPSA) is 54.0 Å². The van der Waals surface area contributed by atoms with Crippen LogP contribution in [0.4, 0.5) is 4.39 Å². The van der Waals surface area contributed by atoms with Gasteiger partial charge in [-0.3, -0.25) is 4.79 Å². The fourth-order valence-electron chi connectivity index (χ4n) is 4.63. The van der Waals surface area contributed by atoms with E-state index in [-0.39, 0.29) is 17.8 Å². The fourth-order valence-corrected chi connectivity index (χ4v) is 4.63. The summed E-state index contributed by atoms with van der Waals surface area (Å²) in [6.07, 6.45) is 3.48. The van der Waals surface area contributed by atoms with Gasteiger partial charge in [-0.25, -0.2) is 4.39 Å². The number of rotatable bonds is 2. The van der Waals surface area contributed by atoms with Crippen LogP contribution in [-0.2, 0) is 4.79 Å². The monoisotopic (exact) mass is 409 g/mol.